The smallest absolute Gasteiger partial charge is 0.191 e. The van der Waals surface area contributed by atoms with Gasteiger partial charge in [0.15, 0.2) is 5.96 Å². The molecule has 0 aliphatic carbocycles. The highest BCUT2D eigenvalue weighted by Gasteiger charge is 2.01. The van der Waals surface area contributed by atoms with E-state index < -0.39 is 0 Å². The molecule has 2 rings (SSSR count). The molecule has 0 saturated heterocycles. The van der Waals surface area contributed by atoms with Crippen LogP contribution < -0.4 is 10.6 Å². The van der Waals surface area contributed by atoms with Crippen LogP contribution in [0.2, 0.25) is 0 Å². The summed E-state index contributed by atoms with van der Waals surface area (Å²) in [5.41, 5.74) is 2.82. The maximum atomic E-state index is 8.90. The van der Waals surface area contributed by atoms with Gasteiger partial charge in [-0.3, -0.25) is 4.99 Å². The lowest BCUT2D eigenvalue weighted by Crippen LogP contribution is -2.37. The topological polar surface area (TPSA) is 73.1 Å². The van der Waals surface area contributed by atoms with Crippen molar-refractivity contribution in [3.05, 3.63) is 51.5 Å². The molecule has 0 amide bonds. The van der Waals surface area contributed by atoms with Crippen molar-refractivity contribution in [3.63, 3.8) is 0 Å². The minimum Gasteiger partial charge on any atom is -0.356 e. The van der Waals surface area contributed by atoms with E-state index in [1.165, 1.54) is 0 Å². The lowest BCUT2D eigenvalue weighted by molar-refractivity contribution is 0.786. The molecule has 2 N–H and O–H groups in total. The first-order valence-corrected chi connectivity index (χ1v) is 7.94. The third-order valence-electron chi connectivity index (χ3n) is 3.08. The quantitative estimate of drug-likeness (QED) is 0.656. The fourth-order valence-electron chi connectivity index (χ4n) is 1.99. The number of nitrogens with one attached hydrogen (secondary N) is 2. The van der Waals surface area contributed by atoms with E-state index in [2.05, 4.69) is 32.1 Å². The number of thiazole rings is 1. The van der Waals surface area contributed by atoms with E-state index in [1.54, 1.807) is 24.5 Å². The van der Waals surface area contributed by atoms with Crippen LogP contribution in [0.15, 0.2) is 34.6 Å². The molecule has 5 nitrogen and oxygen atoms in total. The molecule has 22 heavy (non-hydrogen) atoms. The molecule has 0 aliphatic heterocycles. The van der Waals surface area contributed by atoms with E-state index in [0.29, 0.717) is 12.1 Å². The molecule has 1 aromatic heterocycles. The second-order valence-corrected chi connectivity index (χ2v) is 5.83. The average Bonchev–Trinajstić information content (AvgIpc) is 2.96. The molecule has 0 radical (unpaired) electrons. The third-order valence-corrected chi connectivity index (χ3v) is 3.90. The lowest BCUT2D eigenvalue weighted by atomic mass is 10.1. The van der Waals surface area contributed by atoms with Gasteiger partial charge in [-0.15, -0.1) is 11.3 Å². The molecule has 0 atom stereocenters. The number of hydrogen-bond acceptors (Lipinski definition) is 4. The van der Waals surface area contributed by atoms with Gasteiger partial charge in [0.25, 0.3) is 0 Å². The Kier molecular flexibility index (Phi) is 5.92. The summed E-state index contributed by atoms with van der Waals surface area (Å²) in [6, 6.07) is 9.69. The average molecular weight is 313 g/mol. The molecule has 114 valence electrons. The highest BCUT2D eigenvalue weighted by atomic mass is 32.1. The number of guanidine groups is 1. The van der Waals surface area contributed by atoms with Crippen LogP contribution in [0.1, 0.15) is 21.8 Å². The number of hydrogen-bond donors (Lipinski definition) is 2. The number of nitriles is 1. The van der Waals surface area contributed by atoms with Crippen LogP contribution in [0, 0.1) is 18.3 Å². The zero-order valence-corrected chi connectivity index (χ0v) is 13.6. The predicted molar refractivity (Wildman–Crippen MR) is 89.9 cm³/mol. The van der Waals surface area contributed by atoms with Gasteiger partial charge in [0.05, 0.1) is 22.3 Å². The standard InChI is InChI=1S/C16H19N5S/c1-12-21-15(11-22-12)6-7-19-16(18-2)20-10-14-5-3-4-13(8-14)9-17/h3-5,8,11H,6-7,10H2,1-2H3,(H2,18,19,20). The molecule has 6 heteroatoms. The van der Waals surface area contributed by atoms with Gasteiger partial charge in [-0.2, -0.15) is 5.26 Å². The summed E-state index contributed by atoms with van der Waals surface area (Å²) in [7, 11) is 1.74. The normalized spacial score (nSPS) is 11.0. The van der Waals surface area contributed by atoms with Crippen LogP contribution in [0.3, 0.4) is 0 Å². The van der Waals surface area contributed by atoms with Gasteiger partial charge in [0, 0.05) is 31.9 Å². The number of aliphatic imine (C=N–C) groups is 1. The Morgan fingerprint density at radius 1 is 1.41 bits per heavy atom. The van der Waals surface area contributed by atoms with Gasteiger partial charge in [0.2, 0.25) is 0 Å². The molecule has 0 unspecified atom stereocenters. The van der Waals surface area contributed by atoms with Crippen LogP contribution in [0.4, 0.5) is 0 Å². The van der Waals surface area contributed by atoms with E-state index >= 15 is 0 Å². The molecule has 0 fully saturated rings. The Morgan fingerprint density at radius 2 is 2.27 bits per heavy atom. The highest BCUT2D eigenvalue weighted by molar-refractivity contribution is 7.09. The van der Waals surface area contributed by atoms with Crippen LogP contribution in [0.5, 0.6) is 0 Å². The molecular weight excluding hydrogens is 294 g/mol. The molecular formula is C16H19N5S. The first-order chi connectivity index (χ1) is 10.7. The van der Waals surface area contributed by atoms with Gasteiger partial charge in [-0.1, -0.05) is 12.1 Å². The van der Waals surface area contributed by atoms with Crippen molar-refractivity contribution in [1.29, 1.82) is 5.26 Å². The van der Waals surface area contributed by atoms with Crippen molar-refractivity contribution in [2.75, 3.05) is 13.6 Å². The number of rotatable bonds is 5. The second kappa shape index (κ2) is 8.15. The van der Waals surface area contributed by atoms with Crippen LogP contribution in [-0.4, -0.2) is 24.5 Å². The zero-order valence-electron chi connectivity index (χ0n) is 12.8. The maximum absolute atomic E-state index is 8.90. The summed E-state index contributed by atoms with van der Waals surface area (Å²) in [6.07, 6.45) is 0.870. The van der Waals surface area contributed by atoms with Gasteiger partial charge in [0.1, 0.15) is 0 Å². The van der Waals surface area contributed by atoms with Crippen molar-refractivity contribution < 1.29 is 0 Å². The van der Waals surface area contributed by atoms with Crippen LogP contribution >= 0.6 is 11.3 Å². The van der Waals surface area contributed by atoms with E-state index in [9.17, 15) is 0 Å². The zero-order chi connectivity index (χ0) is 15.8. The van der Waals surface area contributed by atoms with Crippen molar-refractivity contribution in [3.8, 4) is 6.07 Å². The summed E-state index contributed by atoms with van der Waals surface area (Å²) in [5.74, 6) is 0.745. The van der Waals surface area contributed by atoms with E-state index in [1.807, 2.05) is 25.1 Å². The Bertz CT molecular complexity index is 684. The minimum atomic E-state index is 0.630. The van der Waals surface area contributed by atoms with Crippen LogP contribution in [-0.2, 0) is 13.0 Å². The minimum absolute atomic E-state index is 0.630. The third kappa shape index (κ3) is 4.86. The Labute approximate surface area is 134 Å². The first kappa shape index (κ1) is 16.0. The SMILES string of the molecule is CN=C(NCCc1csc(C)n1)NCc1cccc(C#N)c1. The van der Waals surface area contributed by atoms with Crippen molar-refractivity contribution in [2.24, 2.45) is 4.99 Å². The van der Waals surface area contributed by atoms with Crippen LogP contribution in [0.25, 0.3) is 0 Å². The summed E-state index contributed by atoms with van der Waals surface area (Å²) in [5, 5.41) is 18.6. The first-order valence-electron chi connectivity index (χ1n) is 7.06. The Morgan fingerprint density at radius 3 is 2.95 bits per heavy atom. The summed E-state index contributed by atoms with van der Waals surface area (Å²) < 4.78 is 0. The summed E-state index contributed by atoms with van der Waals surface area (Å²) >= 11 is 1.67. The van der Waals surface area contributed by atoms with Gasteiger partial charge in [-0.25, -0.2) is 4.98 Å². The summed E-state index contributed by atoms with van der Waals surface area (Å²) in [6.45, 7) is 3.42. The van der Waals surface area contributed by atoms with Gasteiger partial charge in [-0.05, 0) is 24.6 Å². The molecule has 1 aromatic carbocycles. The molecule has 0 saturated carbocycles. The van der Waals surface area contributed by atoms with Crippen molar-refractivity contribution >= 4 is 17.3 Å². The number of aryl methyl sites for hydroxylation is 1. The molecule has 0 aliphatic rings. The lowest BCUT2D eigenvalue weighted by Gasteiger charge is -2.11. The second-order valence-electron chi connectivity index (χ2n) is 4.77. The fourth-order valence-corrected chi connectivity index (χ4v) is 2.64. The van der Waals surface area contributed by atoms with Crippen molar-refractivity contribution in [2.45, 2.75) is 19.9 Å². The molecule has 2 aromatic rings. The van der Waals surface area contributed by atoms with Gasteiger partial charge < -0.3 is 10.6 Å². The summed E-state index contributed by atoms with van der Waals surface area (Å²) in [4.78, 5) is 8.63. The largest absolute Gasteiger partial charge is 0.356 e. The maximum Gasteiger partial charge on any atom is 0.191 e. The molecule has 0 spiro atoms. The number of aromatic nitrogens is 1. The number of benzene rings is 1. The van der Waals surface area contributed by atoms with E-state index in [0.717, 1.165) is 35.2 Å². The fraction of sp³-hybridized carbons (Fsp3) is 0.312. The monoisotopic (exact) mass is 313 g/mol. The molecule has 1 heterocycles. The highest BCUT2D eigenvalue weighted by Crippen LogP contribution is 2.07. The number of nitrogens with zero attached hydrogens (tertiary/aromatic N) is 3. The van der Waals surface area contributed by atoms with E-state index in [4.69, 9.17) is 5.26 Å². The Hall–Kier alpha value is -2.39. The Balaban J connectivity index is 1.78. The van der Waals surface area contributed by atoms with E-state index in [-0.39, 0.29) is 0 Å². The molecule has 0 bridgehead atoms. The van der Waals surface area contributed by atoms with Gasteiger partial charge >= 0.3 is 0 Å². The van der Waals surface area contributed by atoms with Crippen molar-refractivity contribution in [1.82, 2.24) is 15.6 Å². The predicted octanol–water partition coefficient (Wildman–Crippen LogP) is 2.23.